The second-order valence-corrected chi connectivity index (χ2v) is 14.1. The topological polar surface area (TPSA) is 25.9 Å². The molecule has 3 heteroatoms. The Morgan fingerprint density at radius 1 is 0.308 bits per heavy atom. The van der Waals surface area contributed by atoms with Crippen LogP contribution in [0.5, 0.6) is 0 Å². The molecule has 0 bridgehead atoms. The molecule has 0 aliphatic carbocycles. The van der Waals surface area contributed by atoms with E-state index < -0.39 is 0 Å². The van der Waals surface area contributed by atoms with E-state index in [9.17, 15) is 4.79 Å². The van der Waals surface area contributed by atoms with Gasteiger partial charge in [0.1, 0.15) is 0 Å². The SMILES string of the molecule is O=C(c1ccccc1)c1cccc(-c2ccc3c(c2)c2cc(-c4ccc5c(c4)c4cccc6c7ccccc7n5c64)cc4c5ccccc5n3c42)c1. The average Bonchev–Trinajstić information content (AvgIpc) is 3.94. The van der Waals surface area contributed by atoms with E-state index in [0.717, 1.165) is 11.1 Å². The Balaban J connectivity index is 1.09. The summed E-state index contributed by atoms with van der Waals surface area (Å²) in [5.41, 5.74) is 13.4. The van der Waals surface area contributed by atoms with Crippen molar-refractivity contribution in [2.75, 3.05) is 0 Å². The summed E-state index contributed by atoms with van der Waals surface area (Å²) in [7, 11) is 0. The van der Waals surface area contributed by atoms with E-state index in [1.165, 1.54) is 87.3 Å². The van der Waals surface area contributed by atoms with Crippen LogP contribution in [0.1, 0.15) is 15.9 Å². The minimum absolute atomic E-state index is 0.0342. The van der Waals surface area contributed by atoms with Crippen molar-refractivity contribution in [3.05, 3.63) is 181 Å². The molecule has 4 aromatic heterocycles. The van der Waals surface area contributed by atoms with Crippen molar-refractivity contribution in [2.24, 2.45) is 0 Å². The van der Waals surface area contributed by atoms with Gasteiger partial charge >= 0.3 is 0 Å². The predicted molar refractivity (Wildman–Crippen MR) is 217 cm³/mol. The Labute approximate surface area is 297 Å². The molecule has 0 unspecified atom stereocenters. The van der Waals surface area contributed by atoms with Crippen LogP contribution in [0, 0.1) is 0 Å². The molecule has 12 aromatic rings. The molecule has 0 saturated heterocycles. The molecule has 52 heavy (non-hydrogen) atoms. The lowest BCUT2D eigenvalue weighted by atomic mass is 9.95. The van der Waals surface area contributed by atoms with Crippen LogP contribution in [0.3, 0.4) is 0 Å². The van der Waals surface area contributed by atoms with E-state index >= 15 is 0 Å². The first kappa shape index (κ1) is 27.8. The molecule has 0 saturated carbocycles. The highest BCUT2D eigenvalue weighted by molar-refractivity contribution is 6.26. The van der Waals surface area contributed by atoms with Crippen molar-refractivity contribution in [3.63, 3.8) is 0 Å². The Bertz CT molecular complexity index is 3420. The van der Waals surface area contributed by atoms with Gasteiger partial charge in [-0.15, -0.1) is 0 Å². The number of aromatic nitrogens is 2. The fourth-order valence-corrected chi connectivity index (χ4v) is 9.05. The van der Waals surface area contributed by atoms with Crippen molar-refractivity contribution in [1.29, 1.82) is 0 Å². The van der Waals surface area contributed by atoms with Crippen LogP contribution in [-0.2, 0) is 0 Å². The first-order chi connectivity index (χ1) is 25.7. The Morgan fingerprint density at radius 2 is 0.750 bits per heavy atom. The van der Waals surface area contributed by atoms with E-state index in [4.69, 9.17) is 0 Å². The molecule has 0 aliphatic rings. The summed E-state index contributed by atoms with van der Waals surface area (Å²) in [6.07, 6.45) is 0. The zero-order valence-corrected chi connectivity index (χ0v) is 28.0. The highest BCUT2D eigenvalue weighted by atomic mass is 16.1. The van der Waals surface area contributed by atoms with Crippen LogP contribution in [0.2, 0.25) is 0 Å². The minimum Gasteiger partial charge on any atom is -0.308 e. The number of rotatable bonds is 4. The summed E-state index contributed by atoms with van der Waals surface area (Å²) in [5, 5.41) is 10.1. The van der Waals surface area contributed by atoms with Crippen LogP contribution in [-0.4, -0.2) is 14.6 Å². The highest BCUT2D eigenvalue weighted by Crippen LogP contribution is 2.44. The van der Waals surface area contributed by atoms with Gasteiger partial charge in [-0.25, -0.2) is 0 Å². The van der Waals surface area contributed by atoms with E-state index in [-0.39, 0.29) is 5.78 Å². The third kappa shape index (κ3) is 3.61. The summed E-state index contributed by atoms with van der Waals surface area (Å²) >= 11 is 0. The molecule has 0 atom stereocenters. The zero-order valence-electron chi connectivity index (χ0n) is 28.0. The van der Waals surface area contributed by atoms with Gasteiger partial charge in [0.15, 0.2) is 5.78 Å². The molecule has 8 aromatic carbocycles. The van der Waals surface area contributed by atoms with E-state index in [0.29, 0.717) is 11.1 Å². The lowest BCUT2D eigenvalue weighted by molar-refractivity contribution is 0.103. The molecule has 0 radical (unpaired) electrons. The van der Waals surface area contributed by atoms with Crippen molar-refractivity contribution in [1.82, 2.24) is 8.80 Å². The number of fused-ring (bicyclic) bond motifs is 12. The van der Waals surface area contributed by atoms with Gasteiger partial charge in [0, 0.05) is 54.2 Å². The monoisotopic (exact) mass is 660 g/mol. The third-order valence-corrected chi connectivity index (χ3v) is 11.3. The van der Waals surface area contributed by atoms with E-state index in [1.807, 2.05) is 48.5 Å². The fraction of sp³-hybridized carbons (Fsp3) is 0. The van der Waals surface area contributed by atoms with Crippen molar-refractivity contribution in [2.45, 2.75) is 0 Å². The van der Waals surface area contributed by atoms with Gasteiger partial charge in [-0.3, -0.25) is 4.79 Å². The van der Waals surface area contributed by atoms with E-state index in [2.05, 4.69) is 130 Å². The van der Waals surface area contributed by atoms with Crippen LogP contribution in [0.4, 0.5) is 0 Å². The fourth-order valence-electron chi connectivity index (χ4n) is 9.05. The van der Waals surface area contributed by atoms with Gasteiger partial charge in [0.2, 0.25) is 0 Å². The zero-order chi connectivity index (χ0) is 34.1. The molecule has 0 aliphatic heterocycles. The van der Waals surface area contributed by atoms with Gasteiger partial charge in [-0.2, -0.15) is 0 Å². The molecular formula is C49H28N2O. The molecule has 12 rings (SSSR count). The molecule has 3 nitrogen and oxygen atoms in total. The maximum atomic E-state index is 13.4. The predicted octanol–water partition coefficient (Wildman–Crippen LogP) is 12.6. The summed E-state index contributed by atoms with van der Waals surface area (Å²) in [5.74, 6) is 0.0342. The van der Waals surface area contributed by atoms with Crippen LogP contribution < -0.4 is 0 Å². The smallest absolute Gasteiger partial charge is 0.193 e. The number of carbonyl (C=O) groups is 1. The average molecular weight is 661 g/mol. The van der Waals surface area contributed by atoms with Crippen LogP contribution in [0.15, 0.2) is 170 Å². The summed E-state index contributed by atoms with van der Waals surface area (Å²) in [4.78, 5) is 13.4. The van der Waals surface area contributed by atoms with Gasteiger partial charge in [-0.05, 0) is 76.9 Å². The molecule has 0 fully saturated rings. The van der Waals surface area contributed by atoms with Gasteiger partial charge in [-0.1, -0.05) is 115 Å². The molecular weight excluding hydrogens is 633 g/mol. The first-order valence-corrected chi connectivity index (χ1v) is 17.8. The molecule has 0 N–H and O–H groups in total. The molecule has 0 spiro atoms. The lowest BCUT2D eigenvalue weighted by Crippen LogP contribution is -2.00. The summed E-state index contributed by atoms with van der Waals surface area (Å²) in [6.45, 7) is 0. The summed E-state index contributed by atoms with van der Waals surface area (Å²) in [6, 6.07) is 60.2. The number of hydrogen-bond acceptors (Lipinski definition) is 1. The lowest BCUT2D eigenvalue weighted by Gasteiger charge is -2.08. The first-order valence-electron chi connectivity index (χ1n) is 17.8. The maximum Gasteiger partial charge on any atom is 0.193 e. The Hall–Kier alpha value is -6.97. The Morgan fingerprint density at radius 3 is 1.46 bits per heavy atom. The van der Waals surface area contributed by atoms with Crippen LogP contribution in [0.25, 0.3) is 98.4 Å². The van der Waals surface area contributed by atoms with Crippen molar-refractivity contribution >= 4 is 82.0 Å². The molecule has 0 amide bonds. The second kappa shape index (κ2) is 10.1. The number of hydrogen-bond donors (Lipinski definition) is 0. The van der Waals surface area contributed by atoms with Gasteiger partial charge < -0.3 is 8.80 Å². The molecule has 4 heterocycles. The summed E-state index contributed by atoms with van der Waals surface area (Å²) < 4.78 is 4.87. The molecule has 240 valence electrons. The van der Waals surface area contributed by atoms with Crippen molar-refractivity contribution < 1.29 is 4.79 Å². The second-order valence-electron chi connectivity index (χ2n) is 14.1. The van der Waals surface area contributed by atoms with Crippen molar-refractivity contribution in [3.8, 4) is 22.3 Å². The highest BCUT2D eigenvalue weighted by Gasteiger charge is 2.21. The number of benzene rings is 8. The number of carbonyl (C=O) groups excluding carboxylic acids is 1. The largest absolute Gasteiger partial charge is 0.308 e. The standard InChI is InChI=1S/C49H28N2O/c52-49(29-10-2-1-3-11-29)33-13-8-12-30(24-33)31-20-22-46-40(25-31)42-28-34(27-41-36-15-5-7-19-44(36)51(46)48(41)42)32-21-23-45-39(26-32)38-17-9-16-37-35-14-4-6-18-43(35)50(45)47(37)38/h1-28H. The number of ketones is 1. The number of nitrogens with zero attached hydrogens (tertiary/aromatic N) is 2. The maximum absolute atomic E-state index is 13.4. The van der Waals surface area contributed by atoms with Gasteiger partial charge in [0.05, 0.1) is 33.1 Å². The quantitative estimate of drug-likeness (QED) is 0.173. The third-order valence-electron chi connectivity index (χ3n) is 11.3. The Kier molecular flexibility index (Phi) is 5.38. The van der Waals surface area contributed by atoms with Crippen LogP contribution >= 0.6 is 0 Å². The minimum atomic E-state index is 0.0342. The normalized spacial score (nSPS) is 12.3. The van der Waals surface area contributed by atoms with Gasteiger partial charge in [0.25, 0.3) is 0 Å². The van der Waals surface area contributed by atoms with E-state index in [1.54, 1.807) is 0 Å². The number of para-hydroxylation sites is 3.